The molecule has 3 aromatic rings. The largest absolute Gasteiger partial charge is 0.325 e. The van der Waals surface area contributed by atoms with Gasteiger partial charge < -0.3 is 5.32 Å². The molecule has 1 atom stereocenters. The second kappa shape index (κ2) is 10.3. The van der Waals surface area contributed by atoms with Crippen LogP contribution in [0.3, 0.4) is 0 Å². The molecule has 0 radical (unpaired) electrons. The van der Waals surface area contributed by atoms with Crippen molar-refractivity contribution >= 4 is 67.6 Å². The number of carbonyl (C=O) groups excluding carboxylic acids is 2. The summed E-state index contributed by atoms with van der Waals surface area (Å²) in [6.07, 6.45) is 0.0892. The number of para-hydroxylation sites is 1. The van der Waals surface area contributed by atoms with Gasteiger partial charge in [-0.25, -0.2) is 4.99 Å². The molecule has 0 bridgehead atoms. The Labute approximate surface area is 204 Å². The van der Waals surface area contributed by atoms with Crippen LogP contribution in [-0.4, -0.2) is 27.1 Å². The number of halogens is 2. The lowest BCUT2D eigenvalue weighted by molar-refractivity contribution is -0.129. The van der Waals surface area contributed by atoms with Crippen molar-refractivity contribution in [3.63, 3.8) is 0 Å². The summed E-state index contributed by atoms with van der Waals surface area (Å²) in [7, 11) is 0. The standard InChI is InChI=1S/C24H19BrClN3O2S/c25-17-5-4-8-20(13-17)27-23(31)21-14-22(30)29(15-16-9-11-18(26)12-10-16)24(32-21)28-19-6-2-1-3-7-19/h1-13,21H,14-15H2,(H,27,31)/t21-/m1/s1. The van der Waals surface area contributed by atoms with Gasteiger partial charge in [0.2, 0.25) is 11.8 Å². The lowest BCUT2D eigenvalue weighted by atomic mass is 10.2. The van der Waals surface area contributed by atoms with E-state index in [1.54, 1.807) is 17.0 Å². The summed E-state index contributed by atoms with van der Waals surface area (Å²) < 4.78 is 0.864. The molecule has 1 aliphatic heterocycles. The predicted molar refractivity (Wildman–Crippen MR) is 134 cm³/mol. The molecule has 32 heavy (non-hydrogen) atoms. The average Bonchev–Trinajstić information content (AvgIpc) is 2.78. The fraction of sp³-hybridized carbons (Fsp3) is 0.125. The van der Waals surface area contributed by atoms with Gasteiger partial charge in [-0.2, -0.15) is 0 Å². The third-order valence-corrected chi connectivity index (χ3v) is 6.69. The second-order valence-corrected chi connectivity index (χ2v) is 9.67. The van der Waals surface area contributed by atoms with Crippen LogP contribution in [0.4, 0.5) is 11.4 Å². The van der Waals surface area contributed by atoms with E-state index < -0.39 is 5.25 Å². The highest BCUT2D eigenvalue weighted by atomic mass is 79.9. The number of anilines is 1. The van der Waals surface area contributed by atoms with Gasteiger partial charge in [-0.1, -0.05) is 75.7 Å². The van der Waals surface area contributed by atoms with E-state index in [9.17, 15) is 9.59 Å². The van der Waals surface area contributed by atoms with Crippen LogP contribution in [0, 0.1) is 0 Å². The number of nitrogens with zero attached hydrogens (tertiary/aromatic N) is 2. The van der Waals surface area contributed by atoms with Crippen LogP contribution in [0.2, 0.25) is 5.02 Å². The Hall–Kier alpha value is -2.61. The van der Waals surface area contributed by atoms with Gasteiger partial charge >= 0.3 is 0 Å². The normalized spacial score (nSPS) is 17.4. The number of hydrogen-bond donors (Lipinski definition) is 1. The first kappa shape index (κ1) is 22.6. The fourth-order valence-corrected chi connectivity index (χ4v) is 4.79. The first-order valence-electron chi connectivity index (χ1n) is 9.89. The molecule has 0 unspecified atom stereocenters. The summed E-state index contributed by atoms with van der Waals surface area (Å²) in [4.78, 5) is 32.4. The number of nitrogens with one attached hydrogen (secondary N) is 1. The molecule has 2 amide bonds. The minimum atomic E-state index is -0.578. The molecule has 3 aromatic carbocycles. The molecule has 0 spiro atoms. The van der Waals surface area contributed by atoms with Crippen LogP contribution >= 0.6 is 39.3 Å². The van der Waals surface area contributed by atoms with Crippen molar-refractivity contribution in [2.45, 2.75) is 18.2 Å². The van der Waals surface area contributed by atoms with Crippen molar-refractivity contribution in [3.8, 4) is 0 Å². The lowest BCUT2D eigenvalue weighted by Gasteiger charge is -2.32. The number of hydrogen-bond acceptors (Lipinski definition) is 4. The van der Waals surface area contributed by atoms with Crippen molar-refractivity contribution in [1.82, 2.24) is 4.90 Å². The van der Waals surface area contributed by atoms with Gasteiger partial charge in [0.05, 0.1) is 12.2 Å². The highest BCUT2D eigenvalue weighted by Crippen LogP contribution is 2.31. The molecule has 8 heteroatoms. The number of benzene rings is 3. The quantitative estimate of drug-likeness (QED) is 0.425. The van der Waals surface area contributed by atoms with Gasteiger partial charge in [-0.05, 0) is 48.0 Å². The van der Waals surface area contributed by atoms with E-state index in [4.69, 9.17) is 11.6 Å². The number of amides is 2. The Morgan fingerprint density at radius 1 is 1.09 bits per heavy atom. The lowest BCUT2D eigenvalue weighted by Crippen LogP contribution is -2.44. The van der Waals surface area contributed by atoms with E-state index in [1.807, 2.05) is 66.7 Å². The summed E-state index contributed by atoms with van der Waals surface area (Å²) in [5, 5.41) is 3.45. The van der Waals surface area contributed by atoms with Crippen molar-refractivity contribution < 1.29 is 9.59 Å². The van der Waals surface area contributed by atoms with Crippen molar-refractivity contribution in [2.24, 2.45) is 4.99 Å². The molecule has 1 N–H and O–H groups in total. The van der Waals surface area contributed by atoms with Gasteiger partial charge in [-0.15, -0.1) is 0 Å². The number of carbonyl (C=O) groups is 2. The first-order valence-corrected chi connectivity index (χ1v) is 11.9. The highest BCUT2D eigenvalue weighted by molar-refractivity contribution is 9.10. The third-order valence-electron chi connectivity index (χ3n) is 4.76. The zero-order valence-corrected chi connectivity index (χ0v) is 20.0. The molecule has 0 saturated carbocycles. The van der Waals surface area contributed by atoms with E-state index in [0.717, 1.165) is 15.7 Å². The molecule has 162 valence electrons. The number of rotatable bonds is 5. The van der Waals surface area contributed by atoms with Gasteiger partial charge in [0.1, 0.15) is 5.25 Å². The zero-order valence-electron chi connectivity index (χ0n) is 16.9. The predicted octanol–water partition coefficient (Wildman–Crippen LogP) is 6.26. The van der Waals surface area contributed by atoms with Crippen molar-refractivity contribution in [1.29, 1.82) is 0 Å². The van der Waals surface area contributed by atoms with Crippen LogP contribution in [0.25, 0.3) is 0 Å². The third kappa shape index (κ3) is 5.79. The Kier molecular flexibility index (Phi) is 7.29. The first-order chi connectivity index (χ1) is 15.5. The molecule has 1 saturated heterocycles. The van der Waals surface area contributed by atoms with Crippen LogP contribution in [-0.2, 0) is 16.1 Å². The SMILES string of the molecule is O=C(Nc1cccc(Br)c1)[C@H]1CC(=O)N(Cc2ccc(Cl)cc2)C(=Nc2ccccc2)S1. The number of aliphatic imine (C=N–C) groups is 1. The molecular formula is C24H19BrClN3O2S. The summed E-state index contributed by atoms with van der Waals surface area (Å²) >= 11 is 10.7. The highest BCUT2D eigenvalue weighted by Gasteiger charge is 2.36. The van der Waals surface area contributed by atoms with Gasteiger partial charge in [0.15, 0.2) is 5.17 Å². The Balaban J connectivity index is 1.58. The minimum Gasteiger partial charge on any atom is -0.325 e. The molecule has 5 nitrogen and oxygen atoms in total. The van der Waals surface area contributed by atoms with Gasteiger partial charge in [0.25, 0.3) is 0 Å². The molecule has 1 aliphatic rings. The van der Waals surface area contributed by atoms with Crippen LogP contribution < -0.4 is 5.32 Å². The Bertz CT molecular complexity index is 1160. The number of amidine groups is 1. The van der Waals surface area contributed by atoms with E-state index >= 15 is 0 Å². The van der Waals surface area contributed by atoms with Crippen LogP contribution in [0.1, 0.15) is 12.0 Å². The molecule has 0 aliphatic carbocycles. The van der Waals surface area contributed by atoms with Gasteiger partial charge in [-0.3, -0.25) is 14.5 Å². The van der Waals surface area contributed by atoms with E-state index in [-0.39, 0.29) is 18.2 Å². The zero-order chi connectivity index (χ0) is 22.5. The Morgan fingerprint density at radius 3 is 2.56 bits per heavy atom. The summed E-state index contributed by atoms with van der Waals surface area (Å²) in [6, 6.07) is 24.1. The average molecular weight is 529 g/mol. The number of thioether (sulfide) groups is 1. The summed E-state index contributed by atoms with van der Waals surface area (Å²) in [6.45, 7) is 0.356. The maximum Gasteiger partial charge on any atom is 0.238 e. The van der Waals surface area contributed by atoms with E-state index in [1.165, 1.54) is 11.8 Å². The van der Waals surface area contributed by atoms with E-state index in [0.29, 0.717) is 22.4 Å². The summed E-state index contributed by atoms with van der Waals surface area (Å²) in [5.74, 6) is -0.379. The monoisotopic (exact) mass is 527 g/mol. The molecule has 4 rings (SSSR count). The Morgan fingerprint density at radius 2 is 1.84 bits per heavy atom. The van der Waals surface area contributed by atoms with Crippen LogP contribution in [0.15, 0.2) is 88.3 Å². The maximum absolute atomic E-state index is 13.1. The smallest absolute Gasteiger partial charge is 0.238 e. The molecule has 1 heterocycles. The fourth-order valence-electron chi connectivity index (χ4n) is 3.17. The summed E-state index contributed by atoms with van der Waals surface area (Å²) in [5.41, 5.74) is 2.32. The van der Waals surface area contributed by atoms with E-state index in [2.05, 4.69) is 26.2 Å². The minimum absolute atomic E-state index is 0.0892. The molecule has 0 aromatic heterocycles. The van der Waals surface area contributed by atoms with Crippen molar-refractivity contribution in [3.05, 3.63) is 93.9 Å². The van der Waals surface area contributed by atoms with Gasteiger partial charge in [0, 0.05) is 21.6 Å². The van der Waals surface area contributed by atoms with Crippen LogP contribution in [0.5, 0.6) is 0 Å². The molecular weight excluding hydrogens is 510 g/mol. The topological polar surface area (TPSA) is 61.8 Å². The molecule has 1 fully saturated rings. The second-order valence-electron chi connectivity index (χ2n) is 7.15. The van der Waals surface area contributed by atoms with Crippen molar-refractivity contribution in [2.75, 3.05) is 5.32 Å². The maximum atomic E-state index is 13.1.